The molecule has 21 heavy (non-hydrogen) atoms. The Morgan fingerprint density at radius 1 is 1.29 bits per heavy atom. The number of benzene rings is 1. The first-order valence-corrected chi connectivity index (χ1v) is 6.89. The zero-order valence-corrected chi connectivity index (χ0v) is 11.4. The summed E-state index contributed by atoms with van der Waals surface area (Å²) in [5.41, 5.74) is 1.67. The standard InChI is InChI=1S/C15H15N3O3/c19-14(20)8-10-4-3-7-18(10)15(21)13-9-16-11-5-1-2-6-12(11)17-13/h1-2,5-6,9-10H,3-4,7-8H2,(H,19,20). The maximum atomic E-state index is 12.5. The van der Waals surface area contributed by atoms with Crippen LogP contribution in [0.4, 0.5) is 0 Å². The van der Waals surface area contributed by atoms with Crippen LogP contribution in [0.15, 0.2) is 30.5 Å². The van der Waals surface area contributed by atoms with Crippen LogP contribution in [0.25, 0.3) is 11.0 Å². The molecule has 1 amide bonds. The van der Waals surface area contributed by atoms with Crippen LogP contribution in [0, 0.1) is 0 Å². The van der Waals surface area contributed by atoms with E-state index in [0.29, 0.717) is 12.1 Å². The van der Waals surface area contributed by atoms with Gasteiger partial charge in [-0.1, -0.05) is 12.1 Å². The second-order valence-corrected chi connectivity index (χ2v) is 5.14. The summed E-state index contributed by atoms with van der Waals surface area (Å²) in [5, 5.41) is 8.92. The number of aromatic nitrogens is 2. The van der Waals surface area contributed by atoms with E-state index in [9.17, 15) is 9.59 Å². The lowest BCUT2D eigenvalue weighted by Crippen LogP contribution is -2.37. The number of rotatable bonds is 3. The molecule has 1 saturated heterocycles. The van der Waals surface area contributed by atoms with E-state index in [1.54, 1.807) is 11.0 Å². The molecule has 2 aromatic rings. The van der Waals surface area contributed by atoms with E-state index in [4.69, 9.17) is 5.11 Å². The zero-order chi connectivity index (χ0) is 14.8. The van der Waals surface area contributed by atoms with E-state index in [1.165, 1.54) is 6.20 Å². The van der Waals surface area contributed by atoms with Gasteiger partial charge >= 0.3 is 5.97 Å². The predicted molar refractivity (Wildman–Crippen MR) is 75.8 cm³/mol. The number of para-hydroxylation sites is 2. The van der Waals surface area contributed by atoms with E-state index in [1.807, 2.05) is 18.2 Å². The van der Waals surface area contributed by atoms with Crippen LogP contribution in [0.2, 0.25) is 0 Å². The Kier molecular flexibility index (Phi) is 3.51. The molecular weight excluding hydrogens is 270 g/mol. The van der Waals surface area contributed by atoms with Gasteiger partial charge in [-0.25, -0.2) is 4.98 Å². The van der Waals surface area contributed by atoms with Gasteiger partial charge in [-0.3, -0.25) is 14.6 Å². The summed E-state index contributed by atoms with van der Waals surface area (Å²) in [5.74, 6) is -1.12. The molecule has 3 rings (SSSR count). The van der Waals surface area contributed by atoms with Crippen molar-refractivity contribution in [1.29, 1.82) is 0 Å². The quantitative estimate of drug-likeness (QED) is 0.928. The third-order valence-electron chi connectivity index (χ3n) is 3.72. The van der Waals surface area contributed by atoms with Crippen molar-refractivity contribution >= 4 is 22.9 Å². The molecule has 1 atom stereocenters. The van der Waals surface area contributed by atoms with Crippen LogP contribution >= 0.6 is 0 Å². The van der Waals surface area contributed by atoms with E-state index < -0.39 is 5.97 Å². The fraction of sp³-hybridized carbons (Fsp3) is 0.333. The summed E-state index contributed by atoms with van der Waals surface area (Å²) in [6, 6.07) is 7.09. The van der Waals surface area contributed by atoms with Crippen LogP contribution in [-0.2, 0) is 4.79 Å². The first-order chi connectivity index (χ1) is 10.1. The molecule has 1 unspecified atom stereocenters. The average molecular weight is 285 g/mol. The van der Waals surface area contributed by atoms with Crippen LogP contribution < -0.4 is 0 Å². The average Bonchev–Trinajstić information content (AvgIpc) is 2.93. The van der Waals surface area contributed by atoms with Crippen molar-refractivity contribution in [1.82, 2.24) is 14.9 Å². The molecule has 6 heteroatoms. The topological polar surface area (TPSA) is 83.4 Å². The minimum Gasteiger partial charge on any atom is -0.481 e. The lowest BCUT2D eigenvalue weighted by molar-refractivity contribution is -0.137. The maximum absolute atomic E-state index is 12.5. The molecule has 0 spiro atoms. The normalized spacial score (nSPS) is 18.1. The molecule has 0 radical (unpaired) electrons. The summed E-state index contributed by atoms with van der Waals surface area (Å²) >= 11 is 0. The molecule has 108 valence electrons. The van der Waals surface area contributed by atoms with E-state index in [2.05, 4.69) is 9.97 Å². The van der Waals surface area contributed by atoms with Gasteiger partial charge in [0.2, 0.25) is 0 Å². The number of amides is 1. The van der Waals surface area contributed by atoms with Crippen LogP contribution in [0.1, 0.15) is 29.8 Å². The molecule has 1 aromatic carbocycles. The summed E-state index contributed by atoms with van der Waals surface area (Å²) in [7, 11) is 0. The van der Waals surface area contributed by atoms with Gasteiger partial charge in [-0.15, -0.1) is 0 Å². The molecule has 0 aliphatic carbocycles. The number of hydrogen-bond acceptors (Lipinski definition) is 4. The number of likely N-dealkylation sites (tertiary alicyclic amines) is 1. The van der Waals surface area contributed by atoms with Crippen molar-refractivity contribution in [2.45, 2.75) is 25.3 Å². The van der Waals surface area contributed by atoms with E-state index >= 15 is 0 Å². The van der Waals surface area contributed by atoms with Gasteiger partial charge in [-0.05, 0) is 25.0 Å². The van der Waals surface area contributed by atoms with Crippen molar-refractivity contribution in [3.8, 4) is 0 Å². The minimum atomic E-state index is -0.885. The highest BCUT2D eigenvalue weighted by atomic mass is 16.4. The summed E-state index contributed by atoms with van der Waals surface area (Å²) < 4.78 is 0. The van der Waals surface area contributed by atoms with Crippen molar-refractivity contribution in [2.24, 2.45) is 0 Å². The van der Waals surface area contributed by atoms with Crippen molar-refractivity contribution in [3.05, 3.63) is 36.2 Å². The molecule has 0 saturated carbocycles. The second kappa shape index (κ2) is 5.47. The Labute approximate surface area is 121 Å². The number of carbonyl (C=O) groups excluding carboxylic acids is 1. The van der Waals surface area contributed by atoms with Crippen molar-refractivity contribution in [2.75, 3.05) is 6.54 Å². The molecule has 1 aliphatic rings. The highest BCUT2D eigenvalue weighted by Gasteiger charge is 2.31. The minimum absolute atomic E-state index is 0.0211. The number of aliphatic carboxylic acids is 1. The molecule has 1 fully saturated rings. The highest BCUT2D eigenvalue weighted by molar-refractivity contribution is 5.94. The predicted octanol–water partition coefficient (Wildman–Crippen LogP) is 1.71. The number of nitrogens with zero attached hydrogens (tertiary/aromatic N) is 3. The molecule has 1 aliphatic heterocycles. The molecule has 2 heterocycles. The number of carboxylic acid groups (broad SMARTS) is 1. The van der Waals surface area contributed by atoms with Gasteiger partial charge in [0.05, 0.1) is 23.7 Å². The molecule has 6 nitrogen and oxygen atoms in total. The number of hydrogen-bond donors (Lipinski definition) is 1. The molecule has 1 aromatic heterocycles. The van der Waals surface area contributed by atoms with E-state index in [-0.39, 0.29) is 24.1 Å². The second-order valence-electron chi connectivity index (χ2n) is 5.14. The Hall–Kier alpha value is -2.50. The zero-order valence-electron chi connectivity index (χ0n) is 11.4. The monoisotopic (exact) mass is 285 g/mol. The third kappa shape index (κ3) is 2.69. The largest absolute Gasteiger partial charge is 0.481 e. The summed E-state index contributed by atoms with van der Waals surface area (Å²) in [4.78, 5) is 33.6. The molecule has 1 N–H and O–H groups in total. The molecular formula is C15H15N3O3. The third-order valence-corrected chi connectivity index (χ3v) is 3.72. The Morgan fingerprint density at radius 2 is 2.05 bits per heavy atom. The smallest absolute Gasteiger partial charge is 0.305 e. The van der Waals surface area contributed by atoms with Crippen LogP contribution in [0.5, 0.6) is 0 Å². The van der Waals surface area contributed by atoms with Gasteiger partial charge in [0, 0.05) is 12.6 Å². The number of carboxylic acids is 1. The van der Waals surface area contributed by atoms with Gasteiger partial charge in [0.25, 0.3) is 5.91 Å². The SMILES string of the molecule is O=C(O)CC1CCCN1C(=O)c1cnc2ccccc2n1. The summed E-state index contributed by atoms with van der Waals surface area (Å²) in [6.45, 7) is 0.575. The Balaban J connectivity index is 1.87. The highest BCUT2D eigenvalue weighted by Crippen LogP contribution is 2.22. The lowest BCUT2D eigenvalue weighted by atomic mass is 10.1. The number of carbonyl (C=O) groups is 2. The fourth-order valence-electron chi connectivity index (χ4n) is 2.72. The Morgan fingerprint density at radius 3 is 2.81 bits per heavy atom. The lowest BCUT2D eigenvalue weighted by Gasteiger charge is -2.22. The molecule has 0 bridgehead atoms. The van der Waals surface area contributed by atoms with Gasteiger partial charge in [0.1, 0.15) is 5.69 Å². The number of fused-ring (bicyclic) bond motifs is 1. The first kappa shape index (κ1) is 13.5. The van der Waals surface area contributed by atoms with Crippen molar-refractivity contribution in [3.63, 3.8) is 0 Å². The fourth-order valence-corrected chi connectivity index (χ4v) is 2.72. The Bertz CT molecular complexity index is 701. The van der Waals surface area contributed by atoms with Gasteiger partial charge in [-0.2, -0.15) is 0 Å². The summed E-state index contributed by atoms with van der Waals surface area (Å²) in [6.07, 6.45) is 2.98. The van der Waals surface area contributed by atoms with Gasteiger partial charge in [0.15, 0.2) is 0 Å². The van der Waals surface area contributed by atoms with Crippen LogP contribution in [0.3, 0.4) is 0 Å². The van der Waals surface area contributed by atoms with Gasteiger partial charge < -0.3 is 10.0 Å². The first-order valence-electron chi connectivity index (χ1n) is 6.89. The van der Waals surface area contributed by atoms with E-state index in [0.717, 1.165) is 18.4 Å². The van der Waals surface area contributed by atoms with Crippen molar-refractivity contribution < 1.29 is 14.7 Å². The van der Waals surface area contributed by atoms with Crippen LogP contribution in [-0.4, -0.2) is 44.4 Å². The maximum Gasteiger partial charge on any atom is 0.305 e.